The fraction of sp³-hybridized carbons (Fsp3) is 0. The largest absolute Gasteiger partial charge is 0.457 e. The molecule has 0 atom stereocenters. The molecule has 0 bridgehead atoms. The molecule has 36 heavy (non-hydrogen) atoms. The average Bonchev–Trinajstić information content (AvgIpc) is 2.94. The molecule has 6 aromatic rings. The predicted molar refractivity (Wildman–Crippen MR) is 148 cm³/mol. The summed E-state index contributed by atoms with van der Waals surface area (Å²) in [6, 6.07) is 48.7. The van der Waals surface area contributed by atoms with Crippen LogP contribution in [0, 0.1) is 0 Å². The van der Waals surface area contributed by atoms with Gasteiger partial charge in [0.2, 0.25) is 0 Å². The first-order valence-corrected chi connectivity index (χ1v) is 12.0. The molecule has 0 fully saturated rings. The summed E-state index contributed by atoms with van der Waals surface area (Å²) in [5.74, 6) is 3.27. The Morgan fingerprint density at radius 2 is 0.611 bits per heavy atom. The Morgan fingerprint density at radius 1 is 0.278 bits per heavy atom. The number of hydrogen-bond donors (Lipinski definition) is 0. The van der Waals surface area contributed by atoms with Gasteiger partial charge in [0.1, 0.15) is 23.0 Å². The fourth-order valence-electron chi connectivity index (χ4n) is 4.50. The van der Waals surface area contributed by atoms with Crippen molar-refractivity contribution in [1.82, 2.24) is 0 Å². The Kier molecular flexibility index (Phi) is 5.91. The Hall–Kier alpha value is -4.82. The summed E-state index contributed by atoms with van der Waals surface area (Å²) in [7, 11) is 0. The molecule has 0 aliphatic heterocycles. The molecule has 0 N–H and O–H groups in total. The first kappa shape index (κ1) is 21.7. The molecule has 172 valence electrons. The van der Waals surface area contributed by atoms with Crippen molar-refractivity contribution in [2.24, 2.45) is 0 Å². The maximum Gasteiger partial charge on any atom is 0.135 e. The Labute approximate surface area is 211 Å². The normalized spacial score (nSPS) is 10.8. The highest BCUT2D eigenvalue weighted by molar-refractivity contribution is 6.02. The number of fused-ring (bicyclic) bond motifs is 5. The molecule has 0 spiro atoms. The van der Waals surface area contributed by atoms with Gasteiger partial charge in [-0.25, -0.2) is 0 Å². The van der Waals surface area contributed by atoms with Gasteiger partial charge in [-0.3, -0.25) is 0 Å². The lowest BCUT2D eigenvalue weighted by molar-refractivity contribution is 0.483. The SMILES string of the molecule is c1ccc(Oc2cccc3c(Oc4ccccc4)cccc23)cc1.c1ccc2c(c1)-c1ccccc1-2. The van der Waals surface area contributed by atoms with Gasteiger partial charge in [-0.1, -0.05) is 109 Å². The van der Waals surface area contributed by atoms with Crippen molar-refractivity contribution < 1.29 is 9.47 Å². The zero-order valence-corrected chi connectivity index (χ0v) is 19.7. The van der Waals surface area contributed by atoms with Crippen LogP contribution in [0.5, 0.6) is 23.0 Å². The molecular weight excluding hydrogens is 440 g/mol. The van der Waals surface area contributed by atoms with Crippen molar-refractivity contribution in [3.05, 3.63) is 146 Å². The van der Waals surface area contributed by atoms with Crippen molar-refractivity contribution in [3.63, 3.8) is 0 Å². The van der Waals surface area contributed by atoms with Gasteiger partial charge in [0.05, 0.1) is 0 Å². The van der Waals surface area contributed by atoms with Crippen molar-refractivity contribution in [3.8, 4) is 45.3 Å². The minimum Gasteiger partial charge on any atom is -0.457 e. The maximum atomic E-state index is 6.04. The van der Waals surface area contributed by atoms with Gasteiger partial charge in [-0.2, -0.15) is 0 Å². The van der Waals surface area contributed by atoms with E-state index in [2.05, 4.69) is 48.5 Å². The van der Waals surface area contributed by atoms with Crippen LogP contribution in [0.4, 0.5) is 0 Å². The van der Waals surface area contributed by atoms with E-state index in [9.17, 15) is 0 Å². The average molecular weight is 465 g/mol. The molecule has 2 nitrogen and oxygen atoms in total. The van der Waals surface area contributed by atoms with E-state index in [1.807, 2.05) is 97.1 Å². The molecule has 0 saturated carbocycles. The minimum atomic E-state index is 0.817. The van der Waals surface area contributed by atoms with E-state index in [4.69, 9.17) is 9.47 Å². The van der Waals surface area contributed by atoms with Crippen LogP contribution >= 0.6 is 0 Å². The van der Waals surface area contributed by atoms with Gasteiger partial charge in [-0.15, -0.1) is 0 Å². The standard InChI is InChI=1S/C22H16O2.C12H8/c1-3-9-17(10-4-1)23-21-15-7-14-20-19(21)13-8-16-22(20)24-18-11-5-2-6-12-18;1-2-6-10-9(5-1)11-7-3-4-8-12(10)11/h1-16H;1-8H. The number of rotatable bonds is 4. The van der Waals surface area contributed by atoms with Crippen molar-refractivity contribution in [2.75, 3.05) is 0 Å². The van der Waals surface area contributed by atoms with E-state index in [0.29, 0.717) is 0 Å². The van der Waals surface area contributed by atoms with Crippen LogP contribution in [-0.2, 0) is 0 Å². The van der Waals surface area contributed by atoms with E-state index >= 15 is 0 Å². The molecule has 6 aromatic carbocycles. The lowest BCUT2D eigenvalue weighted by Crippen LogP contribution is -1.96. The fourth-order valence-corrected chi connectivity index (χ4v) is 4.50. The topological polar surface area (TPSA) is 18.5 Å². The quantitative estimate of drug-likeness (QED) is 0.258. The molecule has 0 heterocycles. The summed E-state index contributed by atoms with van der Waals surface area (Å²) in [5.41, 5.74) is 5.59. The number of hydrogen-bond acceptors (Lipinski definition) is 2. The zero-order chi connectivity index (χ0) is 24.2. The maximum absolute atomic E-state index is 6.04. The van der Waals surface area contributed by atoms with Crippen LogP contribution in [0.1, 0.15) is 0 Å². The van der Waals surface area contributed by atoms with E-state index in [1.165, 1.54) is 22.3 Å². The Balaban J connectivity index is 0.000000166. The van der Waals surface area contributed by atoms with Gasteiger partial charge in [0.15, 0.2) is 0 Å². The lowest BCUT2D eigenvalue weighted by atomic mass is 9.81. The first-order chi connectivity index (χ1) is 17.9. The highest BCUT2D eigenvalue weighted by Crippen LogP contribution is 2.46. The van der Waals surface area contributed by atoms with Gasteiger partial charge in [0.25, 0.3) is 0 Å². The monoisotopic (exact) mass is 464 g/mol. The molecular formula is C34H24O2. The number of ether oxygens (including phenoxy) is 2. The molecule has 0 amide bonds. The summed E-state index contributed by atoms with van der Waals surface area (Å²) < 4.78 is 12.1. The Morgan fingerprint density at radius 3 is 0.972 bits per heavy atom. The summed E-state index contributed by atoms with van der Waals surface area (Å²) >= 11 is 0. The zero-order valence-electron chi connectivity index (χ0n) is 19.7. The van der Waals surface area contributed by atoms with Crippen LogP contribution in [-0.4, -0.2) is 0 Å². The third kappa shape index (κ3) is 4.33. The van der Waals surface area contributed by atoms with E-state index < -0.39 is 0 Å². The van der Waals surface area contributed by atoms with Crippen LogP contribution < -0.4 is 9.47 Å². The first-order valence-electron chi connectivity index (χ1n) is 12.0. The summed E-state index contributed by atoms with van der Waals surface area (Å²) in [6.07, 6.45) is 0. The van der Waals surface area contributed by atoms with E-state index in [0.717, 1.165) is 33.8 Å². The molecule has 7 rings (SSSR count). The van der Waals surface area contributed by atoms with E-state index in [1.54, 1.807) is 0 Å². The van der Waals surface area contributed by atoms with Crippen molar-refractivity contribution >= 4 is 10.8 Å². The van der Waals surface area contributed by atoms with E-state index in [-0.39, 0.29) is 0 Å². The third-order valence-electron chi connectivity index (χ3n) is 6.22. The molecule has 2 heteroatoms. The van der Waals surface area contributed by atoms with Gasteiger partial charge < -0.3 is 9.47 Å². The molecule has 1 aliphatic rings. The summed E-state index contributed by atoms with van der Waals surface area (Å²) in [6.45, 7) is 0. The van der Waals surface area contributed by atoms with Gasteiger partial charge >= 0.3 is 0 Å². The van der Waals surface area contributed by atoms with Gasteiger partial charge in [-0.05, 0) is 58.7 Å². The molecule has 0 radical (unpaired) electrons. The number of benzene rings is 6. The second-order valence-corrected chi connectivity index (χ2v) is 8.53. The van der Waals surface area contributed by atoms with Crippen molar-refractivity contribution in [2.45, 2.75) is 0 Å². The van der Waals surface area contributed by atoms with Crippen LogP contribution in [0.3, 0.4) is 0 Å². The minimum absolute atomic E-state index is 0.817. The molecule has 0 unspecified atom stereocenters. The number of para-hydroxylation sites is 2. The van der Waals surface area contributed by atoms with Crippen molar-refractivity contribution in [1.29, 1.82) is 0 Å². The molecule has 0 aromatic heterocycles. The van der Waals surface area contributed by atoms with Crippen LogP contribution in [0.2, 0.25) is 0 Å². The second kappa shape index (κ2) is 9.81. The predicted octanol–water partition coefficient (Wildman–Crippen LogP) is 9.76. The summed E-state index contributed by atoms with van der Waals surface area (Å²) in [5, 5.41) is 2.05. The van der Waals surface area contributed by atoms with Crippen LogP contribution in [0.25, 0.3) is 33.0 Å². The Bertz CT molecular complexity index is 1440. The summed E-state index contributed by atoms with van der Waals surface area (Å²) in [4.78, 5) is 0. The third-order valence-corrected chi connectivity index (χ3v) is 6.22. The highest BCUT2D eigenvalue weighted by Gasteiger charge is 2.19. The smallest absolute Gasteiger partial charge is 0.135 e. The van der Waals surface area contributed by atoms with Crippen LogP contribution in [0.15, 0.2) is 146 Å². The highest BCUT2D eigenvalue weighted by atomic mass is 16.5. The second-order valence-electron chi connectivity index (χ2n) is 8.53. The van der Waals surface area contributed by atoms with Gasteiger partial charge in [0, 0.05) is 10.8 Å². The molecule has 0 saturated heterocycles. The molecule has 1 aliphatic carbocycles. The lowest BCUT2D eigenvalue weighted by Gasteiger charge is -2.22.